The van der Waals surface area contributed by atoms with Gasteiger partial charge in [-0.1, -0.05) is 71.6 Å². The largest absolute Gasteiger partial charge is 0.748 e. The van der Waals surface area contributed by atoms with Crippen molar-refractivity contribution in [1.29, 1.82) is 0 Å². The molecule has 0 aromatic carbocycles. The second-order valence-corrected chi connectivity index (χ2v) is 10.0. The molecule has 1 rings (SSSR count). The summed E-state index contributed by atoms with van der Waals surface area (Å²) in [6.45, 7) is 8.00. The van der Waals surface area contributed by atoms with Gasteiger partial charge < -0.3 is 4.55 Å². The lowest BCUT2D eigenvalue weighted by Gasteiger charge is -2.02. The second kappa shape index (κ2) is 18.5. The minimum atomic E-state index is -3.91. The Bertz CT molecular complexity index is 560. The predicted molar refractivity (Wildman–Crippen MR) is 120 cm³/mol. The Morgan fingerprint density at radius 1 is 0.893 bits per heavy atom. The van der Waals surface area contributed by atoms with Crippen LogP contribution in [0.3, 0.4) is 0 Å². The maximum atomic E-state index is 9.44. The molecular weight excluding hydrogens is 392 g/mol. The van der Waals surface area contributed by atoms with Crippen LogP contribution in [0.2, 0.25) is 0 Å². The lowest BCUT2D eigenvalue weighted by molar-refractivity contribution is -0.691. The van der Waals surface area contributed by atoms with Crippen molar-refractivity contribution < 1.29 is 17.5 Å². The van der Waals surface area contributed by atoms with Gasteiger partial charge in [-0.25, -0.2) is 17.6 Å². The van der Waals surface area contributed by atoms with Crippen molar-refractivity contribution in [2.45, 2.75) is 98.1 Å². The first-order valence-electron chi connectivity index (χ1n) is 11.0. The number of hydrogen-bond acceptors (Lipinski definition) is 4. The quantitative estimate of drug-likeness (QED) is 0.209. The van der Waals surface area contributed by atoms with Crippen LogP contribution < -0.4 is 4.57 Å². The molecule has 0 saturated heterocycles. The van der Waals surface area contributed by atoms with E-state index in [0.717, 1.165) is 13.1 Å². The maximum absolute atomic E-state index is 9.44. The average Bonchev–Trinajstić information content (AvgIpc) is 3.13. The summed E-state index contributed by atoms with van der Waals surface area (Å²) >= 11 is 2.11. The van der Waals surface area contributed by atoms with E-state index in [1.54, 1.807) is 0 Å². The fourth-order valence-electron chi connectivity index (χ4n) is 2.72. The first-order valence-corrected chi connectivity index (χ1v) is 13.7. The number of aromatic nitrogens is 2. The van der Waals surface area contributed by atoms with Crippen molar-refractivity contribution in [3.8, 4) is 0 Å². The van der Waals surface area contributed by atoms with Crippen molar-refractivity contribution in [1.82, 2.24) is 4.57 Å². The molecule has 0 aliphatic rings. The fraction of sp³-hybridized carbons (Fsp3) is 0.857. The van der Waals surface area contributed by atoms with Crippen molar-refractivity contribution in [3.63, 3.8) is 0 Å². The summed E-state index contributed by atoms with van der Waals surface area (Å²) in [5.74, 6) is 2.27. The van der Waals surface area contributed by atoms with E-state index in [4.69, 9.17) is 0 Å². The molecule has 1 heterocycles. The zero-order chi connectivity index (χ0) is 21.1. The van der Waals surface area contributed by atoms with E-state index in [0.29, 0.717) is 0 Å². The van der Waals surface area contributed by atoms with Gasteiger partial charge in [0.15, 0.2) is 0 Å². The molecule has 1 aromatic heterocycles. The molecule has 0 aliphatic carbocycles. The molecule has 1 aromatic rings. The Labute approximate surface area is 178 Å². The molecule has 166 valence electrons. The maximum Gasteiger partial charge on any atom is 0.243 e. The van der Waals surface area contributed by atoms with Crippen LogP contribution in [0.4, 0.5) is 0 Å². The van der Waals surface area contributed by atoms with Crippen LogP contribution in [0.1, 0.15) is 85.0 Å². The highest BCUT2D eigenvalue weighted by Crippen LogP contribution is 2.12. The van der Waals surface area contributed by atoms with Crippen molar-refractivity contribution in [2.24, 2.45) is 0 Å². The van der Waals surface area contributed by atoms with Crippen LogP contribution in [0.15, 0.2) is 18.7 Å². The Kier molecular flexibility index (Phi) is 18.1. The summed E-state index contributed by atoms with van der Waals surface area (Å²) < 4.78 is 32.9. The number of aryl methyl sites for hydroxylation is 2. The molecule has 7 heteroatoms. The van der Waals surface area contributed by atoms with E-state index in [2.05, 4.69) is 53.5 Å². The van der Waals surface area contributed by atoms with Gasteiger partial charge in [0, 0.05) is 11.5 Å². The van der Waals surface area contributed by atoms with Crippen LogP contribution >= 0.6 is 11.8 Å². The predicted octanol–water partition coefficient (Wildman–Crippen LogP) is 5.00. The van der Waals surface area contributed by atoms with Crippen LogP contribution in [0, 0.1) is 0 Å². The minimum Gasteiger partial charge on any atom is -0.748 e. The third-order valence-electron chi connectivity index (χ3n) is 4.60. The van der Waals surface area contributed by atoms with E-state index >= 15 is 0 Å². The topological polar surface area (TPSA) is 66.0 Å². The van der Waals surface area contributed by atoms with E-state index in [-0.39, 0.29) is 5.75 Å². The molecule has 0 fully saturated rings. The normalized spacial score (nSPS) is 11.3. The monoisotopic (exact) mass is 434 g/mol. The van der Waals surface area contributed by atoms with E-state index in [1.807, 2.05) is 0 Å². The number of hydrogen-bond donors (Lipinski definition) is 0. The van der Waals surface area contributed by atoms with Crippen molar-refractivity contribution >= 4 is 21.9 Å². The average molecular weight is 435 g/mol. The van der Waals surface area contributed by atoms with E-state index in [1.165, 1.54) is 82.6 Å². The Hall–Kier alpha value is -0.530. The van der Waals surface area contributed by atoms with Gasteiger partial charge in [-0.3, -0.25) is 0 Å². The summed E-state index contributed by atoms with van der Waals surface area (Å²) in [4.78, 5) is 0. The third-order valence-corrected chi connectivity index (χ3v) is 6.36. The highest BCUT2D eigenvalue weighted by atomic mass is 32.2. The first-order chi connectivity index (χ1) is 13.4. The third kappa shape index (κ3) is 18.8. The molecule has 0 unspecified atom stereocenters. The Morgan fingerprint density at radius 3 is 1.89 bits per heavy atom. The molecule has 0 bridgehead atoms. The van der Waals surface area contributed by atoms with Gasteiger partial charge in [-0.2, -0.15) is 11.8 Å². The summed E-state index contributed by atoms with van der Waals surface area (Å²) in [6, 6.07) is 0. The Balaban J connectivity index is 0.00000105. The standard InChI is InChI=1S/C19H37N2S.C2H6O3S/c1-3-5-6-7-8-9-10-11-12-13-17-22-18-16-21-15-14-20(4-2)19-21;1-2-6(3,4)5/h14-15,19H,3-13,16-18H2,1-2H3;2H2,1H3,(H,3,4,5)/q+1;/p-1. The number of unbranched alkanes of at least 4 members (excludes halogenated alkanes) is 9. The SMILES string of the molecule is CCCCCCCCCCCCSCC[n+]1ccn(CC)c1.CCS(=O)(=O)[O-]. The molecule has 0 spiro atoms. The van der Waals surface area contributed by atoms with Gasteiger partial charge in [0.1, 0.15) is 12.4 Å². The lowest BCUT2D eigenvalue weighted by atomic mass is 10.1. The summed E-state index contributed by atoms with van der Waals surface area (Å²) in [6.07, 6.45) is 20.9. The van der Waals surface area contributed by atoms with Crippen molar-refractivity contribution in [3.05, 3.63) is 18.7 Å². The van der Waals surface area contributed by atoms with Gasteiger partial charge in [-0.05, 0) is 19.1 Å². The van der Waals surface area contributed by atoms with Gasteiger partial charge in [-0.15, -0.1) is 0 Å². The lowest BCUT2D eigenvalue weighted by Crippen LogP contribution is -2.32. The summed E-state index contributed by atoms with van der Waals surface area (Å²) in [7, 11) is -3.91. The van der Waals surface area contributed by atoms with Gasteiger partial charge >= 0.3 is 0 Å². The van der Waals surface area contributed by atoms with Crippen LogP contribution in [-0.4, -0.2) is 34.8 Å². The molecule has 28 heavy (non-hydrogen) atoms. The van der Waals surface area contributed by atoms with Gasteiger partial charge in [0.05, 0.1) is 23.2 Å². The molecule has 5 nitrogen and oxygen atoms in total. The summed E-state index contributed by atoms with van der Waals surface area (Å²) in [5, 5.41) is 0. The van der Waals surface area contributed by atoms with E-state index < -0.39 is 10.1 Å². The molecule has 0 atom stereocenters. The molecule has 0 amide bonds. The Morgan fingerprint density at radius 2 is 1.43 bits per heavy atom. The highest BCUT2D eigenvalue weighted by molar-refractivity contribution is 7.99. The zero-order valence-electron chi connectivity index (χ0n) is 18.3. The number of thioether (sulfide) groups is 1. The van der Waals surface area contributed by atoms with Gasteiger partial charge in [0.25, 0.3) is 0 Å². The molecule has 0 radical (unpaired) electrons. The summed E-state index contributed by atoms with van der Waals surface area (Å²) in [5.41, 5.74) is 0. The van der Waals surface area contributed by atoms with Crippen LogP contribution in [-0.2, 0) is 23.2 Å². The fourth-order valence-corrected chi connectivity index (χ4v) is 3.67. The highest BCUT2D eigenvalue weighted by Gasteiger charge is 2.01. The zero-order valence-corrected chi connectivity index (χ0v) is 19.9. The van der Waals surface area contributed by atoms with Crippen LogP contribution in [0.25, 0.3) is 0 Å². The number of rotatable bonds is 16. The first kappa shape index (κ1) is 27.5. The van der Waals surface area contributed by atoms with Crippen molar-refractivity contribution in [2.75, 3.05) is 17.3 Å². The minimum absolute atomic E-state index is 0.312. The molecule has 0 saturated carbocycles. The number of imidazole rings is 1. The molecular formula is C21H42N2O3S2. The van der Waals surface area contributed by atoms with E-state index in [9.17, 15) is 13.0 Å². The molecule has 0 aliphatic heterocycles. The second-order valence-electron chi connectivity index (χ2n) is 7.12. The number of nitrogens with zero attached hydrogens (tertiary/aromatic N) is 2. The smallest absolute Gasteiger partial charge is 0.243 e. The van der Waals surface area contributed by atoms with Crippen LogP contribution in [0.5, 0.6) is 0 Å². The van der Waals surface area contributed by atoms with Gasteiger partial charge in [0.2, 0.25) is 6.33 Å². The molecule has 0 N–H and O–H groups in total.